The van der Waals surface area contributed by atoms with E-state index in [0.29, 0.717) is 11.2 Å². The predicted molar refractivity (Wildman–Crippen MR) is 79.4 cm³/mol. The second kappa shape index (κ2) is 5.09. The summed E-state index contributed by atoms with van der Waals surface area (Å²) in [6.07, 6.45) is 0. The summed E-state index contributed by atoms with van der Waals surface area (Å²) in [5, 5.41) is 10.2. The van der Waals surface area contributed by atoms with Crippen LogP contribution in [-0.2, 0) is 0 Å². The van der Waals surface area contributed by atoms with Crippen LogP contribution >= 0.6 is 0 Å². The Morgan fingerprint density at radius 1 is 1.40 bits per heavy atom. The van der Waals surface area contributed by atoms with E-state index in [9.17, 15) is 9.90 Å². The average molecular weight is 273 g/mol. The summed E-state index contributed by atoms with van der Waals surface area (Å²) >= 11 is 0. The van der Waals surface area contributed by atoms with Gasteiger partial charge in [-0.15, -0.1) is 0 Å². The molecule has 0 aliphatic heterocycles. The third kappa shape index (κ3) is 2.44. The number of carbonyl (C=O) groups is 1. The number of aliphatic hydroxyl groups is 1. The SMILES string of the molecule is CN(C(=O)c1cc(N)c2ccccc2n1)C(C)(C)CO. The molecule has 0 saturated heterocycles. The Morgan fingerprint density at radius 2 is 2.05 bits per heavy atom. The summed E-state index contributed by atoms with van der Waals surface area (Å²) in [7, 11) is 1.64. The zero-order valence-corrected chi connectivity index (χ0v) is 11.9. The molecule has 3 N–H and O–H groups in total. The second-order valence-corrected chi connectivity index (χ2v) is 5.45. The summed E-state index contributed by atoms with van der Waals surface area (Å²) in [6.45, 7) is 3.45. The van der Waals surface area contributed by atoms with Crippen molar-refractivity contribution < 1.29 is 9.90 Å². The van der Waals surface area contributed by atoms with Crippen LogP contribution in [0.2, 0.25) is 0 Å². The van der Waals surface area contributed by atoms with E-state index in [-0.39, 0.29) is 18.2 Å². The molecule has 106 valence electrons. The van der Waals surface area contributed by atoms with Gasteiger partial charge >= 0.3 is 0 Å². The molecule has 5 heteroatoms. The van der Waals surface area contributed by atoms with E-state index in [4.69, 9.17) is 5.73 Å². The molecule has 5 nitrogen and oxygen atoms in total. The van der Waals surface area contributed by atoms with E-state index in [1.165, 1.54) is 4.90 Å². The highest BCUT2D eigenvalue weighted by Crippen LogP contribution is 2.22. The van der Waals surface area contributed by atoms with Crippen LogP contribution in [0, 0.1) is 0 Å². The van der Waals surface area contributed by atoms with Crippen LogP contribution in [0.15, 0.2) is 30.3 Å². The van der Waals surface area contributed by atoms with Crippen LogP contribution in [0.1, 0.15) is 24.3 Å². The lowest BCUT2D eigenvalue weighted by atomic mass is 10.0. The lowest BCUT2D eigenvalue weighted by molar-refractivity contribution is 0.0468. The number of aliphatic hydroxyl groups excluding tert-OH is 1. The first-order chi connectivity index (χ1) is 9.36. The van der Waals surface area contributed by atoms with Crippen LogP contribution in [-0.4, -0.2) is 40.1 Å². The van der Waals surface area contributed by atoms with Gasteiger partial charge in [0.2, 0.25) is 0 Å². The van der Waals surface area contributed by atoms with Gasteiger partial charge in [0.25, 0.3) is 5.91 Å². The maximum atomic E-state index is 12.4. The van der Waals surface area contributed by atoms with Crippen molar-refractivity contribution in [2.24, 2.45) is 0 Å². The zero-order valence-electron chi connectivity index (χ0n) is 11.9. The van der Waals surface area contributed by atoms with Crippen molar-refractivity contribution in [2.75, 3.05) is 19.4 Å². The Morgan fingerprint density at radius 3 is 2.70 bits per heavy atom. The van der Waals surface area contributed by atoms with E-state index >= 15 is 0 Å². The molecule has 0 fully saturated rings. The first kappa shape index (κ1) is 14.3. The number of pyridine rings is 1. The number of aromatic nitrogens is 1. The first-order valence-corrected chi connectivity index (χ1v) is 6.41. The number of benzene rings is 1. The molecular formula is C15H19N3O2. The van der Waals surface area contributed by atoms with Gasteiger partial charge in [-0.3, -0.25) is 4.79 Å². The number of para-hydroxylation sites is 1. The quantitative estimate of drug-likeness (QED) is 0.891. The van der Waals surface area contributed by atoms with Gasteiger partial charge in [0.05, 0.1) is 17.7 Å². The highest BCUT2D eigenvalue weighted by Gasteiger charge is 2.28. The fourth-order valence-corrected chi connectivity index (χ4v) is 1.86. The highest BCUT2D eigenvalue weighted by molar-refractivity contribution is 5.99. The number of nitrogens with zero attached hydrogens (tertiary/aromatic N) is 2. The molecule has 20 heavy (non-hydrogen) atoms. The summed E-state index contributed by atoms with van der Waals surface area (Å²) in [5.74, 6) is -0.262. The molecule has 1 amide bonds. The van der Waals surface area contributed by atoms with E-state index in [2.05, 4.69) is 4.98 Å². The summed E-state index contributed by atoms with van der Waals surface area (Å²) in [6, 6.07) is 8.99. The number of rotatable bonds is 3. The van der Waals surface area contributed by atoms with Crippen molar-refractivity contribution >= 4 is 22.5 Å². The monoisotopic (exact) mass is 273 g/mol. The molecule has 2 rings (SSSR count). The number of carbonyl (C=O) groups excluding carboxylic acids is 1. The molecule has 0 aliphatic carbocycles. The second-order valence-electron chi connectivity index (χ2n) is 5.45. The number of likely N-dealkylation sites (N-methyl/N-ethyl adjacent to an activating group) is 1. The third-order valence-electron chi connectivity index (χ3n) is 3.57. The van der Waals surface area contributed by atoms with Gasteiger partial charge in [-0.05, 0) is 26.0 Å². The lowest BCUT2D eigenvalue weighted by Crippen LogP contribution is -2.47. The molecule has 0 bridgehead atoms. The fourth-order valence-electron chi connectivity index (χ4n) is 1.86. The normalized spacial score (nSPS) is 11.6. The number of hydrogen-bond donors (Lipinski definition) is 2. The minimum absolute atomic E-state index is 0.127. The van der Waals surface area contributed by atoms with E-state index in [1.807, 2.05) is 24.3 Å². The van der Waals surface area contributed by atoms with Crippen molar-refractivity contribution in [2.45, 2.75) is 19.4 Å². The van der Waals surface area contributed by atoms with Gasteiger partial charge in [0, 0.05) is 18.1 Å². The summed E-state index contributed by atoms with van der Waals surface area (Å²) in [5.41, 5.74) is 6.81. The van der Waals surface area contributed by atoms with Gasteiger partial charge < -0.3 is 15.7 Å². The Hall–Kier alpha value is -2.14. The standard InChI is InChI=1S/C15H19N3O2/c1-15(2,9-19)18(3)14(20)13-8-11(16)10-6-4-5-7-12(10)17-13/h4-8,19H,9H2,1-3H3,(H2,16,17). The minimum atomic E-state index is -0.654. The lowest BCUT2D eigenvalue weighted by Gasteiger charge is -2.33. The van der Waals surface area contributed by atoms with Gasteiger partial charge in [0.15, 0.2) is 0 Å². The van der Waals surface area contributed by atoms with E-state index in [1.54, 1.807) is 27.0 Å². The Kier molecular flexibility index (Phi) is 3.63. The van der Waals surface area contributed by atoms with E-state index in [0.717, 1.165) is 5.39 Å². The molecule has 0 spiro atoms. The summed E-state index contributed by atoms with van der Waals surface area (Å²) < 4.78 is 0. The van der Waals surface area contributed by atoms with Crippen molar-refractivity contribution in [1.82, 2.24) is 9.88 Å². The molecule has 0 aliphatic rings. The molecule has 0 atom stereocenters. The number of nitrogen functional groups attached to an aromatic ring is 1. The third-order valence-corrected chi connectivity index (χ3v) is 3.57. The van der Waals surface area contributed by atoms with Crippen LogP contribution in [0.5, 0.6) is 0 Å². The molecule has 0 unspecified atom stereocenters. The number of amides is 1. The number of nitrogens with two attached hydrogens (primary N) is 1. The van der Waals surface area contributed by atoms with Gasteiger partial charge in [-0.2, -0.15) is 0 Å². The molecule has 0 radical (unpaired) electrons. The minimum Gasteiger partial charge on any atom is -0.398 e. The van der Waals surface area contributed by atoms with Crippen molar-refractivity contribution in [3.8, 4) is 0 Å². The van der Waals surface area contributed by atoms with Crippen molar-refractivity contribution in [1.29, 1.82) is 0 Å². The van der Waals surface area contributed by atoms with Crippen LogP contribution in [0.4, 0.5) is 5.69 Å². The maximum absolute atomic E-state index is 12.4. The largest absolute Gasteiger partial charge is 0.398 e. The smallest absolute Gasteiger partial charge is 0.272 e. The predicted octanol–water partition coefficient (Wildman–Crippen LogP) is 1.66. The van der Waals surface area contributed by atoms with Crippen molar-refractivity contribution in [3.05, 3.63) is 36.0 Å². The zero-order chi connectivity index (χ0) is 14.9. The van der Waals surface area contributed by atoms with Gasteiger partial charge in [-0.1, -0.05) is 18.2 Å². The van der Waals surface area contributed by atoms with Crippen LogP contribution in [0.25, 0.3) is 10.9 Å². The molecule has 0 saturated carbocycles. The molecule has 2 aromatic rings. The van der Waals surface area contributed by atoms with Gasteiger partial charge in [-0.25, -0.2) is 4.98 Å². The first-order valence-electron chi connectivity index (χ1n) is 6.41. The Labute approximate surface area is 118 Å². The maximum Gasteiger partial charge on any atom is 0.272 e. The number of hydrogen-bond acceptors (Lipinski definition) is 4. The highest BCUT2D eigenvalue weighted by atomic mass is 16.3. The van der Waals surface area contributed by atoms with Gasteiger partial charge in [0.1, 0.15) is 5.69 Å². The number of anilines is 1. The van der Waals surface area contributed by atoms with Crippen LogP contribution in [0.3, 0.4) is 0 Å². The Balaban J connectivity index is 2.46. The average Bonchev–Trinajstić information content (AvgIpc) is 2.45. The van der Waals surface area contributed by atoms with Crippen molar-refractivity contribution in [3.63, 3.8) is 0 Å². The van der Waals surface area contributed by atoms with Crippen LogP contribution < -0.4 is 5.73 Å². The molecular weight excluding hydrogens is 254 g/mol. The Bertz CT molecular complexity index is 653. The fraction of sp³-hybridized carbons (Fsp3) is 0.333. The topological polar surface area (TPSA) is 79.5 Å². The molecule has 1 aromatic carbocycles. The van der Waals surface area contributed by atoms with E-state index < -0.39 is 5.54 Å². The molecule has 1 aromatic heterocycles. The number of fused-ring (bicyclic) bond motifs is 1. The summed E-state index contributed by atoms with van der Waals surface area (Å²) in [4.78, 5) is 18.3. The molecule has 1 heterocycles.